The minimum absolute atomic E-state index is 0.0189. The maximum atomic E-state index is 14.7. The number of carbonyl (C=O) groups is 2. The summed E-state index contributed by atoms with van der Waals surface area (Å²) in [5.74, 6) is -1.40. The topological polar surface area (TPSA) is 96.0 Å². The summed E-state index contributed by atoms with van der Waals surface area (Å²) in [4.78, 5) is 28.3. The second-order valence-corrected chi connectivity index (χ2v) is 11.5. The van der Waals surface area contributed by atoms with Gasteiger partial charge in [0.1, 0.15) is 24.2 Å². The summed E-state index contributed by atoms with van der Waals surface area (Å²) in [7, 11) is -2.84. The van der Waals surface area contributed by atoms with Crippen molar-refractivity contribution in [3.8, 4) is 5.75 Å². The van der Waals surface area contributed by atoms with Gasteiger partial charge in [-0.3, -0.25) is 13.9 Å². The van der Waals surface area contributed by atoms with Crippen LogP contribution < -0.4 is 14.4 Å². The van der Waals surface area contributed by atoms with Gasteiger partial charge in [0.25, 0.3) is 10.0 Å². The lowest BCUT2D eigenvalue weighted by atomic mass is 10.1. The molecule has 0 fully saturated rings. The molecule has 0 radical (unpaired) electrons. The predicted octanol–water partition coefficient (Wildman–Crippen LogP) is 4.67. The lowest BCUT2D eigenvalue weighted by molar-refractivity contribution is -0.139. The molecule has 10 heteroatoms. The van der Waals surface area contributed by atoms with Crippen molar-refractivity contribution in [3.05, 3.63) is 89.7 Å². The number of amides is 2. The molecule has 0 aliphatic carbocycles. The van der Waals surface area contributed by atoms with Crippen LogP contribution in [0.2, 0.25) is 0 Å². The number of aryl methyl sites for hydroxylation is 1. The zero-order valence-corrected chi connectivity index (χ0v) is 24.2. The summed E-state index contributed by atoms with van der Waals surface area (Å²) in [6.45, 7) is 6.21. The highest BCUT2D eigenvalue weighted by Crippen LogP contribution is 2.33. The van der Waals surface area contributed by atoms with E-state index < -0.39 is 40.2 Å². The van der Waals surface area contributed by atoms with Gasteiger partial charge in [0, 0.05) is 18.2 Å². The first kappa shape index (κ1) is 30.6. The number of rotatable bonds is 12. The molecule has 3 rings (SSSR count). The number of sulfonamides is 1. The molecule has 0 aromatic heterocycles. The maximum absolute atomic E-state index is 14.7. The van der Waals surface area contributed by atoms with Gasteiger partial charge in [-0.25, -0.2) is 12.8 Å². The van der Waals surface area contributed by atoms with Crippen molar-refractivity contribution in [2.24, 2.45) is 0 Å². The second-order valence-electron chi connectivity index (χ2n) is 9.61. The fourth-order valence-electron chi connectivity index (χ4n) is 4.09. The molecule has 0 saturated carbocycles. The molecule has 0 heterocycles. The number of benzene rings is 3. The highest BCUT2D eigenvalue weighted by molar-refractivity contribution is 7.92. The first-order valence-corrected chi connectivity index (χ1v) is 14.5. The molecular weight excluding hydrogens is 533 g/mol. The van der Waals surface area contributed by atoms with Crippen molar-refractivity contribution < 1.29 is 27.1 Å². The van der Waals surface area contributed by atoms with E-state index in [-0.39, 0.29) is 34.5 Å². The number of halogens is 1. The molecule has 214 valence electrons. The van der Waals surface area contributed by atoms with Crippen LogP contribution >= 0.6 is 0 Å². The summed E-state index contributed by atoms with van der Waals surface area (Å²) in [6, 6.07) is 17.6. The Morgan fingerprint density at radius 1 is 1.00 bits per heavy atom. The molecule has 0 bridgehead atoms. The second kappa shape index (κ2) is 13.4. The van der Waals surface area contributed by atoms with Crippen LogP contribution in [0.4, 0.5) is 10.1 Å². The van der Waals surface area contributed by atoms with Crippen molar-refractivity contribution in [2.75, 3.05) is 18.0 Å². The monoisotopic (exact) mass is 569 g/mol. The molecule has 3 aromatic rings. The van der Waals surface area contributed by atoms with Gasteiger partial charge in [0.15, 0.2) is 0 Å². The maximum Gasteiger partial charge on any atom is 0.264 e. The first-order valence-electron chi connectivity index (χ1n) is 13.0. The van der Waals surface area contributed by atoms with Gasteiger partial charge in [0.2, 0.25) is 11.8 Å². The summed E-state index contributed by atoms with van der Waals surface area (Å²) in [6.07, 6.45) is 0.677. The molecule has 0 unspecified atom stereocenters. The van der Waals surface area contributed by atoms with E-state index in [0.29, 0.717) is 6.42 Å². The number of ether oxygens (including phenoxy) is 1. The van der Waals surface area contributed by atoms with E-state index in [1.165, 1.54) is 42.3 Å². The Hall–Kier alpha value is -3.92. The van der Waals surface area contributed by atoms with Gasteiger partial charge in [-0.05, 0) is 63.1 Å². The molecule has 8 nitrogen and oxygen atoms in total. The van der Waals surface area contributed by atoms with Crippen LogP contribution in [0.1, 0.15) is 38.3 Å². The zero-order chi connectivity index (χ0) is 29.4. The average molecular weight is 570 g/mol. The third kappa shape index (κ3) is 7.18. The minimum atomic E-state index is -4.25. The lowest BCUT2D eigenvalue weighted by Gasteiger charge is -2.33. The summed E-state index contributed by atoms with van der Waals surface area (Å²) in [5, 5.41) is 2.85. The molecule has 2 amide bonds. The molecule has 3 aromatic carbocycles. The van der Waals surface area contributed by atoms with E-state index in [1.54, 1.807) is 56.3 Å². The van der Waals surface area contributed by atoms with E-state index in [0.717, 1.165) is 9.87 Å². The van der Waals surface area contributed by atoms with Crippen LogP contribution in [0.25, 0.3) is 0 Å². The zero-order valence-electron chi connectivity index (χ0n) is 23.4. The largest absolute Gasteiger partial charge is 0.495 e. The minimum Gasteiger partial charge on any atom is -0.495 e. The van der Waals surface area contributed by atoms with Gasteiger partial charge in [-0.1, -0.05) is 49.4 Å². The predicted molar refractivity (Wildman–Crippen MR) is 153 cm³/mol. The SMILES string of the molecule is CC[C@@H](C)NC(=O)[C@H](C)N(Cc1ccccc1F)C(=O)CN(c1cc(C)ccc1OC)S(=O)(=O)c1ccccc1. The molecule has 2 atom stereocenters. The fraction of sp³-hybridized carbons (Fsp3) is 0.333. The van der Waals surface area contributed by atoms with Crippen molar-refractivity contribution in [1.29, 1.82) is 0 Å². The van der Waals surface area contributed by atoms with Crippen molar-refractivity contribution in [3.63, 3.8) is 0 Å². The lowest BCUT2D eigenvalue weighted by Crippen LogP contribution is -2.52. The Bertz CT molecular complexity index is 1430. The number of nitrogens with one attached hydrogen (secondary N) is 1. The molecule has 0 aliphatic rings. The highest BCUT2D eigenvalue weighted by Gasteiger charge is 2.34. The standard InChI is InChI=1S/C30H36FN3O5S/c1-6-22(3)32-30(36)23(4)33(19-24-12-10-11-15-26(24)31)29(35)20-34(27-18-21(2)16-17-28(27)39-5)40(37,38)25-13-8-7-9-14-25/h7-18,22-23H,6,19-20H2,1-5H3,(H,32,36)/t22-,23+/m1/s1. The van der Waals surface area contributed by atoms with Crippen molar-refractivity contribution in [1.82, 2.24) is 10.2 Å². The Morgan fingerprint density at radius 3 is 2.27 bits per heavy atom. The van der Waals surface area contributed by atoms with E-state index in [2.05, 4.69) is 5.32 Å². The van der Waals surface area contributed by atoms with Crippen LogP contribution in [0.15, 0.2) is 77.7 Å². The van der Waals surface area contributed by atoms with Crippen LogP contribution in [0.5, 0.6) is 5.75 Å². The third-order valence-corrected chi connectivity index (χ3v) is 8.45. The van der Waals surface area contributed by atoms with Crippen LogP contribution in [0, 0.1) is 12.7 Å². The number of nitrogens with zero attached hydrogens (tertiary/aromatic N) is 2. The average Bonchev–Trinajstić information content (AvgIpc) is 2.95. The Kier molecular flexibility index (Phi) is 10.3. The van der Waals surface area contributed by atoms with Gasteiger partial charge in [0.05, 0.1) is 17.7 Å². The number of anilines is 1. The normalized spacial score (nSPS) is 12.8. The smallest absolute Gasteiger partial charge is 0.264 e. The molecule has 40 heavy (non-hydrogen) atoms. The van der Waals surface area contributed by atoms with Crippen molar-refractivity contribution in [2.45, 2.75) is 57.6 Å². The van der Waals surface area contributed by atoms with Crippen LogP contribution in [-0.2, 0) is 26.2 Å². The number of methoxy groups -OCH3 is 1. The van der Waals surface area contributed by atoms with E-state index in [1.807, 2.05) is 13.8 Å². The Morgan fingerprint density at radius 2 is 1.65 bits per heavy atom. The number of hydrogen-bond acceptors (Lipinski definition) is 5. The van der Waals surface area contributed by atoms with Crippen LogP contribution in [0.3, 0.4) is 0 Å². The number of hydrogen-bond donors (Lipinski definition) is 1. The van der Waals surface area contributed by atoms with Gasteiger partial charge in [-0.2, -0.15) is 0 Å². The summed E-state index contributed by atoms with van der Waals surface area (Å²) >= 11 is 0. The Balaban J connectivity index is 2.09. The van der Waals surface area contributed by atoms with Crippen LogP contribution in [-0.4, -0.2) is 50.9 Å². The van der Waals surface area contributed by atoms with E-state index >= 15 is 0 Å². The van der Waals surface area contributed by atoms with E-state index in [9.17, 15) is 22.4 Å². The summed E-state index contributed by atoms with van der Waals surface area (Å²) < 4.78 is 49.0. The third-order valence-electron chi connectivity index (χ3n) is 6.68. The van der Waals surface area contributed by atoms with Crippen molar-refractivity contribution >= 4 is 27.5 Å². The number of carbonyl (C=O) groups excluding carboxylic acids is 2. The van der Waals surface area contributed by atoms with Gasteiger partial charge < -0.3 is 15.0 Å². The molecule has 0 aliphatic heterocycles. The summed E-state index contributed by atoms with van der Waals surface area (Å²) in [5.41, 5.74) is 1.12. The molecule has 0 spiro atoms. The quantitative estimate of drug-likeness (QED) is 0.342. The Labute approximate surface area is 235 Å². The molecule has 0 saturated heterocycles. The fourth-order valence-corrected chi connectivity index (χ4v) is 5.52. The van der Waals surface area contributed by atoms with E-state index in [4.69, 9.17) is 4.74 Å². The molecular formula is C30H36FN3O5S. The molecule has 1 N–H and O–H groups in total. The first-order chi connectivity index (χ1) is 19.0. The highest BCUT2D eigenvalue weighted by atomic mass is 32.2. The van der Waals surface area contributed by atoms with Gasteiger partial charge >= 0.3 is 0 Å². The van der Waals surface area contributed by atoms with Gasteiger partial charge in [-0.15, -0.1) is 0 Å².